The number of Topliss-reactive ketones (excluding diaryl/α,β-unsaturated/α-hetero) is 1. The molecule has 1 heterocycles. The van der Waals surface area contributed by atoms with Crippen molar-refractivity contribution in [3.8, 4) is 0 Å². The second kappa shape index (κ2) is 5.46. The number of thiophene rings is 1. The fourth-order valence-electron chi connectivity index (χ4n) is 1.06. The third-order valence-electron chi connectivity index (χ3n) is 1.67. The highest BCUT2D eigenvalue weighted by Crippen LogP contribution is 2.22. The largest absolute Gasteiger partial charge is 0.349 e. The van der Waals surface area contributed by atoms with Gasteiger partial charge in [0.15, 0.2) is 5.78 Å². The number of halogens is 1. The van der Waals surface area contributed by atoms with Crippen LogP contribution in [0.3, 0.4) is 0 Å². The number of hydrogen-bond acceptors (Lipinski definition) is 4. The molecule has 1 aromatic rings. The first-order chi connectivity index (χ1) is 6.67. The predicted octanol–water partition coefficient (Wildman–Crippen LogP) is 2.13. The van der Waals surface area contributed by atoms with Crippen LogP contribution in [-0.4, -0.2) is 26.3 Å². The Hall–Kier alpha value is -0.420. The molecular weight excluding hydrogens is 224 g/mol. The molecule has 0 saturated carbocycles. The number of ketones is 1. The maximum Gasteiger partial charge on any atom is 0.217 e. The molecule has 0 aromatic carbocycles. The van der Waals surface area contributed by atoms with Gasteiger partial charge >= 0.3 is 0 Å². The molecular formula is C9H11ClO3S. The van der Waals surface area contributed by atoms with Crippen molar-refractivity contribution in [1.82, 2.24) is 0 Å². The summed E-state index contributed by atoms with van der Waals surface area (Å²) in [4.78, 5) is 12.4. The molecule has 0 fully saturated rings. The van der Waals surface area contributed by atoms with Crippen LogP contribution in [0.15, 0.2) is 12.1 Å². The summed E-state index contributed by atoms with van der Waals surface area (Å²) in [6, 6.07) is 3.59. The van der Waals surface area contributed by atoms with Gasteiger partial charge in [-0.2, -0.15) is 0 Å². The number of carbonyl (C=O) groups is 1. The zero-order valence-corrected chi connectivity index (χ0v) is 9.52. The van der Waals surface area contributed by atoms with Gasteiger partial charge in [0.05, 0.1) is 4.34 Å². The van der Waals surface area contributed by atoms with Crippen LogP contribution < -0.4 is 0 Å². The average molecular weight is 235 g/mol. The molecule has 0 aliphatic carbocycles. The van der Waals surface area contributed by atoms with Gasteiger partial charge in [0.1, 0.15) is 0 Å². The summed E-state index contributed by atoms with van der Waals surface area (Å²) < 4.78 is 10.4. The Morgan fingerprint density at radius 2 is 2.14 bits per heavy atom. The minimum absolute atomic E-state index is 0.103. The van der Waals surface area contributed by atoms with Crippen LogP contribution in [0.1, 0.15) is 4.88 Å². The van der Waals surface area contributed by atoms with Crippen LogP contribution in [0.2, 0.25) is 4.34 Å². The summed E-state index contributed by atoms with van der Waals surface area (Å²) in [6.07, 6.45) is -0.486. The van der Waals surface area contributed by atoms with Crippen molar-refractivity contribution in [2.24, 2.45) is 0 Å². The van der Waals surface area contributed by atoms with Gasteiger partial charge in [-0.1, -0.05) is 11.6 Å². The van der Waals surface area contributed by atoms with Crippen molar-refractivity contribution >= 4 is 28.7 Å². The minimum atomic E-state index is -0.782. The van der Waals surface area contributed by atoms with Gasteiger partial charge in [0, 0.05) is 25.5 Å². The van der Waals surface area contributed by atoms with Gasteiger partial charge in [0.2, 0.25) is 6.29 Å². The lowest BCUT2D eigenvalue weighted by Crippen LogP contribution is -2.26. The van der Waals surface area contributed by atoms with Gasteiger partial charge in [-0.05, 0) is 12.1 Å². The van der Waals surface area contributed by atoms with E-state index in [9.17, 15) is 4.79 Å². The first kappa shape index (κ1) is 11.7. The van der Waals surface area contributed by atoms with Crippen LogP contribution in [-0.2, 0) is 20.7 Å². The molecule has 1 aromatic heterocycles. The SMILES string of the molecule is COC(OC)C(=O)Cc1ccc(Cl)s1. The molecule has 0 aliphatic rings. The van der Waals surface area contributed by atoms with E-state index in [2.05, 4.69) is 0 Å². The molecule has 0 amide bonds. The van der Waals surface area contributed by atoms with Crippen molar-refractivity contribution < 1.29 is 14.3 Å². The number of rotatable bonds is 5. The molecule has 3 nitrogen and oxygen atoms in total. The third kappa shape index (κ3) is 3.06. The van der Waals surface area contributed by atoms with Crippen LogP contribution >= 0.6 is 22.9 Å². The van der Waals surface area contributed by atoms with Crippen molar-refractivity contribution in [1.29, 1.82) is 0 Å². The van der Waals surface area contributed by atoms with Crippen molar-refractivity contribution in [2.75, 3.05) is 14.2 Å². The Balaban J connectivity index is 2.56. The highest BCUT2D eigenvalue weighted by atomic mass is 35.5. The molecule has 0 saturated heterocycles. The van der Waals surface area contributed by atoms with Crippen LogP contribution in [0, 0.1) is 0 Å². The van der Waals surface area contributed by atoms with Gasteiger partial charge in [0.25, 0.3) is 0 Å². The molecule has 0 atom stereocenters. The summed E-state index contributed by atoms with van der Waals surface area (Å²) >= 11 is 7.12. The molecule has 14 heavy (non-hydrogen) atoms. The summed E-state index contributed by atoms with van der Waals surface area (Å²) in [5.74, 6) is -0.103. The second-order valence-electron chi connectivity index (χ2n) is 2.65. The lowest BCUT2D eigenvalue weighted by atomic mass is 10.2. The van der Waals surface area contributed by atoms with E-state index in [0.29, 0.717) is 10.8 Å². The van der Waals surface area contributed by atoms with E-state index in [0.717, 1.165) is 4.88 Å². The molecule has 0 aliphatic heterocycles. The fraction of sp³-hybridized carbons (Fsp3) is 0.444. The minimum Gasteiger partial charge on any atom is -0.349 e. The van der Waals surface area contributed by atoms with Crippen molar-refractivity contribution in [3.05, 3.63) is 21.3 Å². The fourth-order valence-corrected chi connectivity index (χ4v) is 2.16. The molecule has 0 spiro atoms. The van der Waals surface area contributed by atoms with Gasteiger partial charge < -0.3 is 9.47 Å². The molecule has 0 N–H and O–H groups in total. The van der Waals surface area contributed by atoms with E-state index in [1.54, 1.807) is 6.07 Å². The summed E-state index contributed by atoms with van der Waals surface area (Å²) in [6.45, 7) is 0. The van der Waals surface area contributed by atoms with Crippen LogP contribution in [0.25, 0.3) is 0 Å². The maximum atomic E-state index is 11.5. The van der Waals surface area contributed by atoms with Crippen LogP contribution in [0.4, 0.5) is 0 Å². The molecule has 1 rings (SSSR count). The zero-order valence-electron chi connectivity index (χ0n) is 7.95. The van der Waals surface area contributed by atoms with Crippen LogP contribution in [0.5, 0.6) is 0 Å². The molecule has 0 radical (unpaired) electrons. The Morgan fingerprint density at radius 1 is 1.50 bits per heavy atom. The highest BCUT2D eigenvalue weighted by molar-refractivity contribution is 7.16. The lowest BCUT2D eigenvalue weighted by Gasteiger charge is -2.10. The topological polar surface area (TPSA) is 35.5 Å². The molecule has 5 heteroatoms. The number of carbonyl (C=O) groups excluding carboxylic acids is 1. The summed E-state index contributed by atoms with van der Waals surface area (Å²) in [5, 5.41) is 0. The first-order valence-corrected chi connectivity index (χ1v) is 5.19. The second-order valence-corrected chi connectivity index (χ2v) is 4.45. The smallest absolute Gasteiger partial charge is 0.217 e. The maximum absolute atomic E-state index is 11.5. The van der Waals surface area contributed by atoms with E-state index in [1.165, 1.54) is 25.6 Å². The summed E-state index contributed by atoms with van der Waals surface area (Å²) in [5.41, 5.74) is 0. The Morgan fingerprint density at radius 3 is 2.57 bits per heavy atom. The average Bonchev–Trinajstić information content (AvgIpc) is 2.53. The van der Waals surface area contributed by atoms with Crippen molar-refractivity contribution in [2.45, 2.75) is 12.7 Å². The molecule has 78 valence electrons. The van der Waals surface area contributed by atoms with Gasteiger partial charge in [-0.25, -0.2) is 0 Å². The Bertz CT molecular complexity index is 307. The first-order valence-electron chi connectivity index (χ1n) is 4.00. The van der Waals surface area contributed by atoms with E-state index in [1.807, 2.05) is 6.07 Å². The predicted molar refractivity (Wildman–Crippen MR) is 55.8 cm³/mol. The lowest BCUT2D eigenvalue weighted by molar-refractivity contribution is -0.155. The standard InChI is InChI=1S/C9H11ClO3S/c1-12-9(13-2)7(11)5-6-3-4-8(10)14-6/h3-4,9H,5H2,1-2H3. The van der Waals surface area contributed by atoms with E-state index >= 15 is 0 Å². The molecule has 0 unspecified atom stereocenters. The third-order valence-corrected chi connectivity index (χ3v) is 2.90. The highest BCUT2D eigenvalue weighted by Gasteiger charge is 2.17. The monoisotopic (exact) mass is 234 g/mol. The van der Waals surface area contributed by atoms with Gasteiger partial charge in [-0.3, -0.25) is 4.79 Å². The zero-order chi connectivity index (χ0) is 10.6. The normalized spacial score (nSPS) is 10.9. The number of hydrogen-bond donors (Lipinski definition) is 0. The van der Waals surface area contributed by atoms with E-state index in [-0.39, 0.29) is 5.78 Å². The van der Waals surface area contributed by atoms with E-state index in [4.69, 9.17) is 21.1 Å². The Kier molecular flexibility index (Phi) is 4.54. The van der Waals surface area contributed by atoms with Gasteiger partial charge in [-0.15, -0.1) is 11.3 Å². The van der Waals surface area contributed by atoms with E-state index < -0.39 is 6.29 Å². The number of ether oxygens (including phenoxy) is 2. The quantitative estimate of drug-likeness (QED) is 0.733. The molecule has 0 bridgehead atoms. The Labute approximate surface area is 91.6 Å². The number of methoxy groups -OCH3 is 2. The van der Waals surface area contributed by atoms with Crippen molar-refractivity contribution in [3.63, 3.8) is 0 Å². The summed E-state index contributed by atoms with van der Waals surface area (Å²) in [7, 11) is 2.88.